The number of amides is 1. The summed E-state index contributed by atoms with van der Waals surface area (Å²) < 4.78 is 26.6. The summed E-state index contributed by atoms with van der Waals surface area (Å²) in [5.41, 5.74) is 1.49. The zero-order valence-electron chi connectivity index (χ0n) is 15.2. The first-order chi connectivity index (χ1) is 12.4. The predicted octanol–water partition coefficient (Wildman–Crippen LogP) is 2.47. The number of nitrogens with zero attached hydrogens (tertiary/aromatic N) is 2. The molecule has 1 aromatic heterocycles. The number of likely N-dealkylation sites (N-methyl/N-ethyl adjacent to an activating group) is 1. The van der Waals surface area contributed by atoms with E-state index < -0.39 is 10.0 Å². The van der Waals surface area contributed by atoms with Crippen LogP contribution in [0.5, 0.6) is 0 Å². The van der Waals surface area contributed by atoms with E-state index in [1.54, 1.807) is 31.6 Å². The van der Waals surface area contributed by atoms with Gasteiger partial charge in [0.05, 0.1) is 4.90 Å². The number of carbonyl (C=O) groups excluding carboxylic acids is 1. The lowest BCUT2D eigenvalue weighted by molar-refractivity contribution is 0.0953. The van der Waals surface area contributed by atoms with Gasteiger partial charge in [0.15, 0.2) is 0 Å². The summed E-state index contributed by atoms with van der Waals surface area (Å²) in [4.78, 5) is 16.1. The number of unbranched alkanes of at least 4 members (excludes halogenated alkanes) is 1. The molecule has 1 N–H and O–H groups in total. The van der Waals surface area contributed by atoms with Gasteiger partial charge in [0, 0.05) is 38.1 Å². The minimum absolute atomic E-state index is 0.180. The van der Waals surface area contributed by atoms with E-state index in [9.17, 15) is 13.2 Å². The fraction of sp³-hybridized carbons (Fsp3) is 0.368. The summed E-state index contributed by atoms with van der Waals surface area (Å²) in [6, 6.07) is 9.79. The average Bonchev–Trinajstić information content (AvgIpc) is 2.67. The summed E-state index contributed by atoms with van der Waals surface area (Å²) in [7, 11) is -2.03. The quantitative estimate of drug-likeness (QED) is 0.683. The van der Waals surface area contributed by atoms with Crippen LogP contribution >= 0.6 is 0 Å². The number of benzene rings is 1. The average molecular weight is 375 g/mol. The third kappa shape index (κ3) is 5.37. The number of pyridine rings is 1. The molecule has 2 aromatic rings. The molecule has 0 aliphatic carbocycles. The van der Waals surface area contributed by atoms with Gasteiger partial charge in [-0.3, -0.25) is 9.78 Å². The molecule has 0 aliphatic rings. The van der Waals surface area contributed by atoms with Crippen LogP contribution in [0.15, 0.2) is 53.7 Å². The van der Waals surface area contributed by atoms with E-state index in [2.05, 4.69) is 17.2 Å². The molecule has 0 aliphatic heterocycles. The van der Waals surface area contributed by atoms with Gasteiger partial charge < -0.3 is 5.32 Å². The van der Waals surface area contributed by atoms with Crippen molar-refractivity contribution in [2.45, 2.75) is 31.1 Å². The highest BCUT2D eigenvalue weighted by molar-refractivity contribution is 7.89. The lowest BCUT2D eigenvalue weighted by atomic mass is 10.2. The summed E-state index contributed by atoms with van der Waals surface area (Å²) in [6.07, 6.45) is 5.90. The van der Waals surface area contributed by atoms with E-state index in [0.29, 0.717) is 25.1 Å². The second kappa shape index (κ2) is 9.45. The van der Waals surface area contributed by atoms with Crippen LogP contribution in [-0.4, -0.2) is 43.8 Å². The van der Waals surface area contributed by atoms with E-state index in [4.69, 9.17) is 0 Å². The Kier molecular flexibility index (Phi) is 7.29. The molecule has 0 radical (unpaired) electrons. The number of carbonyl (C=O) groups is 1. The lowest BCUT2D eigenvalue weighted by Crippen LogP contribution is -2.29. The van der Waals surface area contributed by atoms with E-state index in [-0.39, 0.29) is 10.8 Å². The second-order valence-corrected chi connectivity index (χ2v) is 8.11. The molecule has 0 spiro atoms. The van der Waals surface area contributed by atoms with Crippen molar-refractivity contribution >= 4 is 15.9 Å². The van der Waals surface area contributed by atoms with Crippen LogP contribution in [-0.2, 0) is 16.4 Å². The zero-order chi connectivity index (χ0) is 19.0. The molecular weight excluding hydrogens is 350 g/mol. The van der Waals surface area contributed by atoms with Crippen molar-refractivity contribution in [3.05, 3.63) is 59.9 Å². The fourth-order valence-corrected chi connectivity index (χ4v) is 3.57. The van der Waals surface area contributed by atoms with Crippen LogP contribution in [0.25, 0.3) is 0 Å². The molecule has 1 heterocycles. The monoisotopic (exact) mass is 375 g/mol. The molecule has 2 rings (SSSR count). The van der Waals surface area contributed by atoms with Gasteiger partial charge in [-0.2, -0.15) is 0 Å². The van der Waals surface area contributed by atoms with Gasteiger partial charge in [0.2, 0.25) is 10.0 Å². The first-order valence-electron chi connectivity index (χ1n) is 8.68. The van der Waals surface area contributed by atoms with Gasteiger partial charge in [0.25, 0.3) is 5.91 Å². The maximum absolute atomic E-state index is 12.7. The number of aromatic nitrogens is 1. The van der Waals surface area contributed by atoms with Crippen molar-refractivity contribution in [2.75, 3.05) is 20.1 Å². The normalized spacial score (nSPS) is 11.5. The number of hydrogen-bond donors (Lipinski definition) is 1. The second-order valence-electron chi connectivity index (χ2n) is 6.07. The summed E-state index contributed by atoms with van der Waals surface area (Å²) in [5.74, 6) is -0.187. The molecule has 0 bridgehead atoms. The number of nitrogens with one attached hydrogen (secondary N) is 1. The zero-order valence-corrected chi connectivity index (χ0v) is 16.0. The van der Waals surface area contributed by atoms with E-state index in [0.717, 1.165) is 18.4 Å². The third-order valence-electron chi connectivity index (χ3n) is 4.11. The molecule has 26 heavy (non-hydrogen) atoms. The van der Waals surface area contributed by atoms with Gasteiger partial charge >= 0.3 is 0 Å². The van der Waals surface area contributed by atoms with Gasteiger partial charge in [0.1, 0.15) is 0 Å². The molecular formula is C19H25N3O3S. The van der Waals surface area contributed by atoms with Crippen molar-refractivity contribution in [3.8, 4) is 0 Å². The largest absolute Gasteiger partial charge is 0.352 e. The molecule has 0 atom stereocenters. The predicted molar refractivity (Wildman–Crippen MR) is 101 cm³/mol. The maximum atomic E-state index is 12.7. The highest BCUT2D eigenvalue weighted by atomic mass is 32.2. The Hall–Kier alpha value is -2.25. The molecule has 1 aromatic carbocycles. The van der Waals surface area contributed by atoms with Gasteiger partial charge in [-0.15, -0.1) is 0 Å². The number of sulfonamides is 1. The molecule has 0 saturated carbocycles. The van der Waals surface area contributed by atoms with E-state index in [1.807, 2.05) is 12.1 Å². The van der Waals surface area contributed by atoms with Crippen LogP contribution in [0, 0.1) is 0 Å². The first-order valence-corrected chi connectivity index (χ1v) is 10.1. The SMILES string of the molecule is CCCCNC(=O)c1ccc(S(=O)(=O)N(C)CCc2ccncc2)cc1. The number of rotatable bonds is 9. The van der Waals surface area contributed by atoms with Gasteiger partial charge in [-0.25, -0.2) is 12.7 Å². The van der Waals surface area contributed by atoms with Crippen LogP contribution in [0.4, 0.5) is 0 Å². The minimum atomic E-state index is -3.59. The van der Waals surface area contributed by atoms with Crippen molar-refractivity contribution < 1.29 is 13.2 Å². The Morgan fingerprint density at radius 3 is 2.38 bits per heavy atom. The molecule has 140 valence electrons. The smallest absolute Gasteiger partial charge is 0.251 e. The van der Waals surface area contributed by atoms with E-state index in [1.165, 1.54) is 16.4 Å². The van der Waals surface area contributed by atoms with Crippen molar-refractivity contribution in [1.82, 2.24) is 14.6 Å². The van der Waals surface area contributed by atoms with Crippen molar-refractivity contribution in [1.29, 1.82) is 0 Å². The van der Waals surface area contributed by atoms with Crippen LogP contribution in [0.1, 0.15) is 35.7 Å². The number of hydrogen-bond acceptors (Lipinski definition) is 4. The fourth-order valence-electron chi connectivity index (χ4n) is 2.40. The Labute approximate surface area is 155 Å². The molecule has 0 fully saturated rings. The standard InChI is InChI=1S/C19H25N3O3S/c1-3-4-12-21-19(23)17-5-7-18(8-6-17)26(24,25)22(2)15-11-16-9-13-20-14-10-16/h5-10,13-14H,3-4,11-12,15H2,1-2H3,(H,21,23). The highest BCUT2D eigenvalue weighted by Crippen LogP contribution is 2.16. The summed E-state index contributed by atoms with van der Waals surface area (Å²) in [5, 5.41) is 2.82. The Morgan fingerprint density at radius 2 is 1.77 bits per heavy atom. The molecule has 7 heteroatoms. The van der Waals surface area contributed by atoms with Gasteiger partial charge in [-0.1, -0.05) is 13.3 Å². The van der Waals surface area contributed by atoms with Crippen molar-refractivity contribution in [2.24, 2.45) is 0 Å². The Balaban J connectivity index is 2.00. The Morgan fingerprint density at radius 1 is 1.12 bits per heavy atom. The van der Waals surface area contributed by atoms with E-state index >= 15 is 0 Å². The van der Waals surface area contributed by atoms with Crippen LogP contribution in [0.3, 0.4) is 0 Å². The molecule has 0 unspecified atom stereocenters. The maximum Gasteiger partial charge on any atom is 0.251 e. The molecule has 0 saturated heterocycles. The summed E-state index contributed by atoms with van der Waals surface area (Å²) in [6.45, 7) is 3.04. The van der Waals surface area contributed by atoms with Crippen LogP contribution in [0.2, 0.25) is 0 Å². The first kappa shape index (κ1) is 20.1. The minimum Gasteiger partial charge on any atom is -0.352 e. The highest BCUT2D eigenvalue weighted by Gasteiger charge is 2.20. The third-order valence-corrected chi connectivity index (χ3v) is 5.98. The molecule has 6 nitrogen and oxygen atoms in total. The lowest BCUT2D eigenvalue weighted by Gasteiger charge is -2.17. The topological polar surface area (TPSA) is 79.4 Å². The van der Waals surface area contributed by atoms with Crippen molar-refractivity contribution in [3.63, 3.8) is 0 Å². The molecule has 1 amide bonds. The van der Waals surface area contributed by atoms with Crippen LogP contribution < -0.4 is 5.32 Å². The Bertz CT molecular complexity index is 806. The summed E-state index contributed by atoms with van der Waals surface area (Å²) >= 11 is 0. The van der Waals surface area contributed by atoms with Gasteiger partial charge in [-0.05, 0) is 54.8 Å².